The molecule has 0 saturated carbocycles. The molecule has 0 unspecified atom stereocenters. The van der Waals surface area contributed by atoms with Crippen LogP contribution in [0.2, 0.25) is 5.02 Å². The lowest BCUT2D eigenvalue weighted by molar-refractivity contribution is 0.598. The minimum absolute atomic E-state index is 0.0779. The van der Waals surface area contributed by atoms with Gasteiger partial charge < -0.3 is 5.73 Å². The van der Waals surface area contributed by atoms with Gasteiger partial charge in [0.2, 0.25) is 0 Å². The number of thiazole rings is 1. The second kappa shape index (κ2) is 5.14. The van der Waals surface area contributed by atoms with Gasteiger partial charge in [0.25, 0.3) is 10.0 Å². The number of nitrogen functional groups attached to an aromatic ring is 1. The number of aromatic nitrogens is 2. The van der Waals surface area contributed by atoms with Crippen LogP contribution in [0.25, 0.3) is 10.2 Å². The largest absolute Gasteiger partial charge is 0.396 e. The number of sulfonamides is 1. The Hall–Kier alpha value is -1.90. The first kappa shape index (κ1) is 14.1. The van der Waals surface area contributed by atoms with Crippen molar-refractivity contribution in [3.8, 4) is 0 Å². The van der Waals surface area contributed by atoms with Crippen molar-refractivity contribution in [1.82, 2.24) is 9.97 Å². The molecule has 3 rings (SSSR count). The summed E-state index contributed by atoms with van der Waals surface area (Å²) in [5, 5.41) is 0.578. The summed E-state index contributed by atoms with van der Waals surface area (Å²) in [5.74, 6) is 0. The zero-order chi connectivity index (χ0) is 15.0. The lowest BCUT2D eigenvalue weighted by Gasteiger charge is -2.05. The lowest BCUT2D eigenvalue weighted by atomic mass is 10.3. The van der Waals surface area contributed by atoms with Crippen LogP contribution in [0.15, 0.2) is 41.6 Å². The van der Waals surface area contributed by atoms with Gasteiger partial charge in [0.15, 0.2) is 10.2 Å². The van der Waals surface area contributed by atoms with Gasteiger partial charge in [-0.05, 0) is 30.3 Å². The average molecular weight is 341 g/mol. The summed E-state index contributed by atoms with van der Waals surface area (Å²) in [7, 11) is -3.87. The molecule has 3 N–H and O–H groups in total. The number of hydrogen-bond donors (Lipinski definition) is 2. The van der Waals surface area contributed by atoms with Crippen molar-refractivity contribution >= 4 is 54.0 Å². The quantitative estimate of drug-likeness (QED) is 0.763. The molecule has 9 heteroatoms. The molecule has 0 aliphatic heterocycles. The topological polar surface area (TPSA) is 98.0 Å². The summed E-state index contributed by atoms with van der Waals surface area (Å²) in [5.41, 5.74) is 6.38. The van der Waals surface area contributed by atoms with Crippen LogP contribution in [0.1, 0.15) is 0 Å². The molecule has 2 heterocycles. The predicted octanol–water partition coefficient (Wildman–Crippen LogP) is 2.73. The molecule has 0 saturated heterocycles. The van der Waals surface area contributed by atoms with Crippen molar-refractivity contribution in [3.05, 3.63) is 41.6 Å². The maximum absolute atomic E-state index is 12.3. The number of nitrogens with two attached hydrogens (primary N) is 1. The van der Waals surface area contributed by atoms with E-state index in [0.29, 0.717) is 10.5 Å². The fourth-order valence-electron chi connectivity index (χ4n) is 1.73. The van der Waals surface area contributed by atoms with Gasteiger partial charge in [-0.3, -0.25) is 4.72 Å². The van der Waals surface area contributed by atoms with Gasteiger partial charge in [-0.15, -0.1) is 0 Å². The van der Waals surface area contributed by atoms with Crippen molar-refractivity contribution in [2.24, 2.45) is 0 Å². The minimum atomic E-state index is -3.87. The molecule has 2 aromatic heterocycles. The number of nitrogens with one attached hydrogen (secondary N) is 1. The van der Waals surface area contributed by atoms with Crippen LogP contribution in [0.4, 0.5) is 10.8 Å². The maximum Gasteiger partial charge on any atom is 0.283 e. The summed E-state index contributed by atoms with van der Waals surface area (Å²) < 4.78 is 27.7. The van der Waals surface area contributed by atoms with E-state index < -0.39 is 10.0 Å². The number of nitrogens with zero attached hydrogens (tertiary/aromatic N) is 2. The van der Waals surface area contributed by atoms with E-state index in [9.17, 15) is 8.42 Å². The van der Waals surface area contributed by atoms with Crippen LogP contribution >= 0.6 is 22.9 Å². The first-order chi connectivity index (χ1) is 9.95. The van der Waals surface area contributed by atoms with E-state index in [4.69, 9.17) is 17.3 Å². The van der Waals surface area contributed by atoms with Crippen LogP contribution in [-0.4, -0.2) is 18.4 Å². The molecule has 0 fully saturated rings. The highest BCUT2D eigenvalue weighted by Crippen LogP contribution is 2.30. The standard InChI is InChI=1S/C12H9ClN4O2S2/c13-7-3-4-9-10(6-7)20-12(16-9)17-21(18,19)11-8(14)2-1-5-15-11/h1-6H,14H2,(H,16,17). The highest BCUT2D eigenvalue weighted by Gasteiger charge is 2.20. The van der Waals surface area contributed by atoms with E-state index >= 15 is 0 Å². The Morgan fingerprint density at radius 3 is 2.86 bits per heavy atom. The monoisotopic (exact) mass is 340 g/mol. The fourth-order valence-corrected chi connectivity index (χ4v) is 4.17. The van der Waals surface area contributed by atoms with Crippen molar-refractivity contribution in [3.63, 3.8) is 0 Å². The summed E-state index contributed by atoms with van der Waals surface area (Å²) in [6.45, 7) is 0. The summed E-state index contributed by atoms with van der Waals surface area (Å²) >= 11 is 7.08. The SMILES string of the molecule is Nc1cccnc1S(=O)(=O)Nc1nc2ccc(Cl)cc2s1. The molecule has 1 aromatic carbocycles. The zero-order valence-corrected chi connectivity index (χ0v) is 12.8. The molecular weight excluding hydrogens is 332 g/mol. The Bertz CT molecular complexity index is 924. The van der Waals surface area contributed by atoms with Gasteiger partial charge in [-0.1, -0.05) is 22.9 Å². The third-order valence-electron chi connectivity index (χ3n) is 2.63. The molecule has 0 spiro atoms. The van der Waals surface area contributed by atoms with Crippen LogP contribution < -0.4 is 10.5 Å². The first-order valence-corrected chi connectivity index (χ1v) is 8.43. The number of pyridine rings is 1. The molecule has 0 amide bonds. The summed E-state index contributed by atoms with van der Waals surface area (Å²) in [6, 6.07) is 8.18. The molecule has 0 aliphatic carbocycles. The Labute approximate surface area is 129 Å². The summed E-state index contributed by atoms with van der Waals surface area (Å²) in [4.78, 5) is 7.99. The van der Waals surface area contributed by atoms with Gasteiger partial charge in [-0.25, -0.2) is 9.97 Å². The number of rotatable bonds is 3. The predicted molar refractivity (Wildman–Crippen MR) is 84.1 cm³/mol. The van der Waals surface area contributed by atoms with Crippen LogP contribution in [0.5, 0.6) is 0 Å². The number of benzene rings is 1. The van der Waals surface area contributed by atoms with Crippen molar-refractivity contribution < 1.29 is 8.42 Å². The molecule has 0 atom stereocenters. The summed E-state index contributed by atoms with van der Waals surface area (Å²) in [6.07, 6.45) is 1.36. The molecule has 6 nitrogen and oxygen atoms in total. The third-order valence-corrected chi connectivity index (χ3v) is 5.24. The fraction of sp³-hybridized carbons (Fsp3) is 0. The molecule has 3 aromatic rings. The maximum atomic E-state index is 12.3. The highest BCUT2D eigenvalue weighted by atomic mass is 35.5. The van der Waals surface area contributed by atoms with Gasteiger partial charge in [0.05, 0.1) is 15.9 Å². The second-order valence-electron chi connectivity index (χ2n) is 4.13. The Morgan fingerprint density at radius 1 is 1.29 bits per heavy atom. The average Bonchev–Trinajstić information content (AvgIpc) is 2.79. The third kappa shape index (κ3) is 2.78. The highest BCUT2D eigenvalue weighted by molar-refractivity contribution is 7.93. The van der Waals surface area contributed by atoms with Gasteiger partial charge >= 0.3 is 0 Å². The molecule has 108 valence electrons. The Morgan fingerprint density at radius 2 is 2.10 bits per heavy atom. The van der Waals surface area contributed by atoms with Crippen molar-refractivity contribution in [1.29, 1.82) is 0 Å². The van der Waals surface area contributed by atoms with Crippen LogP contribution in [-0.2, 0) is 10.0 Å². The van der Waals surface area contributed by atoms with Crippen molar-refractivity contribution in [2.75, 3.05) is 10.5 Å². The van der Waals surface area contributed by atoms with Crippen molar-refractivity contribution in [2.45, 2.75) is 5.03 Å². The lowest BCUT2D eigenvalue weighted by Crippen LogP contribution is -2.16. The Kier molecular flexibility index (Phi) is 3.44. The number of anilines is 2. The Balaban J connectivity index is 1.99. The first-order valence-electron chi connectivity index (χ1n) is 5.75. The number of hydrogen-bond acceptors (Lipinski definition) is 6. The van der Waals surface area contributed by atoms with Gasteiger partial charge in [0.1, 0.15) is 0 Å². The van der Waals surface area contributed by atoms with E-state index in [1.165, 1.54) is 23.6 Å². The smallest absolute Gasteiger partial charge is 0.283 e. The normalized spacial score (nSPS) is 11.7. The zero-order valence-electron chi connectivity index (χ0n) is 10.4. The van der Waals surface area contributed by atoms with E-state index in [1.54, 1.807) is 24.3 Å². The van der Waals surface area contributed by atoms with Gasteiger partial charge in [0, 0.05) is 11.2 Å². The molecule has 0 bridgehead atoms. The molecule has 0 aliphatic rings. The minimum Gasteiger partial charge on any atom is -0.396 e. The molecule has 21 heavy (non-hydrogen) atoms. The second-order valence-corrected chi connectivity index (χ2v) is 7.20. The van der Waals surface area contributed by atoms with E-state index in [2.05, 4.69) is 14.7 Å². The van der Waals surface area contributed by atoms with Crippen LogP contribution in [0.3, 0.4) is 0 Å². The molecular formula is C12H9ClN4O2S2. The number of halogens is 1. The van der Waals surface area contributed by atoms with Gasteiger partial charge in [-0.2, -0.15) is 8.42 Å². The van der Waals surface area contributed by atoms with E-state index in [0.717, 1.165) is 4.70 Å². The van der Waals surface area contributed by atoms with E-state index in [-0.39, 0.29) is 15.8 Å². The van der Waals surface area contributed by atoms with Crippen LogP contribution in [0, 0.1) is 0 Å². The molecule has 0 radical (unpaired) electrons. The number of fused-ring (bicyclic) bond motifs is 1. The van der Waals surface area contributed by atoms with E-state index in [1.807, 2.05) is 0 Å².